The SMILES string of the molecule is CC/C(=C\C(C#N)C(C)C)C(C)C. The third-order valence-electron chi connectivity index (χ3n) is 2.41. The van der Waals surface area contributed by atoms with Gasteiger partial charge in [0.2, 0.25) is 0 Å². The van der Waals surface area contributed by atoms with Crippen LogP contribution in [0.15, 0.2) is 11.6 Å². The van der Waals surface area contributed by atoms with E-state index in [1.54, 1.807) is 0 Å². The molecule has 0 aromatic rings. The highest BCUT2D eigenvalue weighted by Crippen LogP contribution is 2.20. The zero-order valence-corrected chi connectivity index (χ0v) is 9.46. The van der Waals surface area contributed by atoms with Crippen molar-refractivity contribution in [1.82, 2.24) is 0 Å². The highest BCUT2D eigenvalue weighted by molar-refractivity contribution is 5.11. The van der Waals surface area contributed by atoms with Crippen molar-refractivity contribution in [1.29, 1.82) is 5.26 Å². The highest BCUT2D eigenvalue weighted by atomic mass is 14.3. The Kier molecular flexibility index (Phi) is 5.46. The van der Waals surface area contributed by atoms with Crippen LogP contribution in [0.3, 0.4) is 0 Å². The summed E-state index contributed by atoms with van der Waals surface area (Å²) in [6.07, 6.45) is 3.21. The van der Waals surface area contributed by atoms with Crippen molar-refractivity contribution >= 4 is 0 Å². The molecule has 0 saturated heterocycles. The molecule has 74 valence electrons. The van der Waals surface area contributed by atoms with Crippen LogP contribution in [-0.2, 0) is 0 Å². The van der Waals surface area contributed by atoms with Gasteiger partial charge in [-0.3, -0.25) is 0 Å². The smallest absolute Gasteiger partial charge is 0.0700 e. The van der Waals surface area contributed by atoms with Gasteiger partial charge in [-0.1, -0.05) is 46.3 Å². The molecule has 0 amide bonds. The zero-order chi connectivity index (χ0) is 10.4. The fourth-order valence-electron chi connectivity index (χ4n) is 1.33. The minimum Gasteiger partial charge on any atom is -0.198 e. The molecule has 0 aliphatic carbocycles. The maximum absolute atomic E-state index is 8.93. The van der Waals surface area contributed by atoms with Crippen LogP contribution in [0.1, 0.15) is 41.0 Å². The van der Waals surface area contributed by atoms with Gasteiger partial charge in [0.05, 0.1) is 12.0 Å². The molecule has 0 bridgehead atoms. The van der Waals surface area contributed by atoms with Gasteiger partial charge < -0.3 is 0 Å². The molecule has 13 heavy (non-hydrogen) atoms. The van der Waals surface area contributed by atoms with Crippen LogP contribution in [0.4, 0.5) is 0 Å². The fourth-order valence-corrected chi connectivity index (χ4v) is 1.33. The zero-order valence-electron chi connectivity index (χ0n) is 9.46. The standard InChI is InChI=1S/C12H21N/c1-6-11(9(2)3)7-12(8-13)10(4)5/h7,9-10,12H,6H2,1-5H3/b11-7+. The van der Waals surface area contributed by atoms with Crippen molar-refractivity contribution in [2.45, 2.75) is 41.0 Å². The summed E-state index contributed by atoms with van der Waals surface area (Å²) >= 11 is 0. The molecule has 0 spiro atoms. The van der Waals surface area contributed by atoms with Crippen molar-refractivity contribution in [2.75, 3.05) is 0 Å². The third-order valence-corrected chi connectivity index (χ3v) is 2.41. The van der Waals surface area contributed by atoms with Gasteiger partial charge in [0.1, 0.15) is 0 Å². The van der Waals surface area contributed by atoms with Crippen LogP contribution < -0.4 is 0 Å². The maximum atomic E-state index is 8.93. The molecule has 0 heterocycles. The molecular weight excluding hydrogens is 158 g/mol. The van der Waals surface area contributed by atoms with Crippen LogP contribution in [0, 0.1) is 29.1 Å². The number of hydrogen-bond acceptors (Lipinski definition) is 1. The first-order valence-corrected chi connectivity index (χ1v) is 5.13. The number of rotatable bonds is 4. The van der Waals surface area contributed by atoms with Crippen LogP contribution >= 0.6 is 0 Å². The maximum Gasteiger partial charge on any atom is 0.0700 e. The average molecular weight is 179 g/mol. The molecule has 1 unspecified atom stereocenters. The molecule has 0 aliphatic rings. The summed E-state index contributed by atoms with van der Waals surface area (Å²) in [7, 11) is 0. The summed E-state index contributed by atoms with van der Waals surface area (Å²) in [5, 5.41) is 8.93. The second-order valence-electron chi connectivity index (χ2n) is 4.15. The minimum atomic E-state index is 0.0809. The summed E-state index contributed by atoms with van der Waals surface area (Å²) < 4.78 is 0. The summed E-state index contributed by atoms with van der Waals surface area (Å²) in [6.45, 7) is 10.7. The van der Waals surface area contributed by atoms with Gasteiger partial charge in [0.25, 0.3) is 0 Å². The van der Waals surface area contributed by atoms with Gasteiger partial charge in [-0.15, -0.1) is 0 Å². The van der Waals surface area contributed by atoms with Gasteiger partial charge in [0, 0.05) is 0 Å². The van der Waals surface area contributed by atoms with Crippen LogP contribution in [0.5, 0.6) is 0 Å². The average Bonchev–Trinajstić information content (AvgIpc) is 2.05. The van der Waals surface area contributed by atoms with E-state index in [-0.39, 0.29) is 5.92 Å². The summed E-state index contributed by atoms with van der Waals surface area (Å²) in [6, 6.07) is 2.34. The third kappa shape index (κ3) is 4.12. The first kappa shape index (κ1) is 12.2. The van der Waals surface area contributed by atoms with E-state index in [4.69, 9.17) is 5.26 Å². The predicted octanol–water partition coefficient (Wildman–Crippen LogP) is 3.77. The largest absolute Gasteiger partial charge is 0.198 e. The lowest BCUT2D eigenvalue weighted by molar-refractivity contribution is 0.549. The van der Waals surface area contributed by atoms with Gasteiger partial charge >= 0.3 is 0 Å². The van der Waals surface area contributed by atoms with Crippen molar-refractivity contribution in [3.8, 4) is 6.07 Å². The molecule has 1 nitrogen and oxygen atoms in total. The molecule has 0 aromatic heterocycles. The Morgan fingerprint density at radius 3 is 2.08 bits per heavy atom. The van der Waals surface area contributed by atoms with E-state index in [0.717, 1.165) is 6.42 Å². The lowest BCUT2D eigenvalue weighted by atomic mass is 9.90. The molecule has 0 saturated carbocycles. The topological polar surface area (TPSA) is 23.8 Å². The molecule has 0 radical (unpaired) electrons. The van der Waals surface area contributed by atoms with Gasteiger partial charge in [-0.25, -0.2) is 0 Å². The Labute approximate surface area is 82.5 Å². The predicted molar refractivity (Wildman–Crippen MR) is 57.2 cm³/mol. The molecule has 0 aliphatic heterocycles. The van der Waals surface area contributed by atoms with Crippen molar-refractivity contribution < 1.29 is 0 Å². The van der Waals surface area contributed by atoms with Crippen LogP contribution in [-0.4, -0.2) is 0 Å². The molecule has 0 N–H and O–H groups in total. The van der Waals surface area contributed by atoms with E-state index in [9.17, 15) is 0 Å². The molecule has 1 heteroatoms. The van der Waals surface area contributed by atoms with Crippen molar-refractivity contribution in [3.05, 3.63) is 11.6 Å². The lowest BCUT2D eigenvalue weighted by Crippen LogP contribution is -2.05. The number of nitrogens with zero attached hydrogens (tertiary/aromatic N) is 1. The highest BCUT2D eigenvalue weighted by Gasteiger charge is 2.11. The number of hydrogen-bond donors (Lipinski definition) is 0. The monoisotopic (exact) mass is 179 g/mol. The minimum absolute atomic E-state index is 0.0809. The second-order valence-corrected chi connectivity index (χ2v) is 4.15. The lowest BCUT2D eigenvalue weighted by Gasteiger charge is -2.13. The first-order valence-electron chi connectivity index (χ1n) is 5.13. The van der Waals surface area contributed by atoms with Crippen LogP contribution in [0.25, 0.3) is 0 Å². The fraction of sp³-hybridized carbons (Fsp3) is 0.750. The molecule has 0 aromatic carbocycles. The Bertz CT molecular complexity index is 206. The molecule has 1 atom stereocenters. The summed E-state index contributed by atoms with van der Waals surface area (Å²) in [5.41, 5.74) is 1.40. The number of nitriles is 1. The van der Waals surface area contributed by atoms with Crippen molar-refractivity contribution in [3.63, 3.8) is 0 Å². The van der Waals surface area contributed by atoms with Crippen molar-refractivity contribution in [2.24, 2.45) is 17.8 Å². The van der Waals surface area contributed by atoms with Gasteiger partial charge in [-0.05, 0) is 18.3 Å². The van der Waals surface area contributed by atoms with E-state index in [0.29, 0.717) is 11.8 Å². The Balaban J connectivity index is 4.57. The van der Waals surface area contributed by atoms with E-state index in [1.807, 2.05) is 0 Å². The second kappa shape index (κ2) is 5.80. The van der Waals surface area contributed by atoms with Crippen LogP contribution in [0.2, 0.25) is 0 Å². The van der Waals surface area contributed by atoms with E-state index < -0.39 is 0 Å². The van der Waals surface area contributed by atoms with Gasteiger partial charge in [-0.2, -0.15) is 5.26 Å². The molecular formula is C12H21N. The van der Waals surface area contributed by atoms with Gasteiger partial charge in [0.15, 0.2) is 0 Å². The Hall–Kier alpha value is -0.770. The quantitative estimate of drug-likeness (QED) is 0.602. The Morgan fingerprint density at radius 1 is 1.31 bits per heavy atom. The normalized spacial score (nSPS) is 14.8. The summed E-state index contributed by atoms with van der Waals surface area (Å²) in [4.78, 5) is 0. The summed E-state index contributed by atoms with van der Waals surface area (Å²) in [5.74, 6) is 1.07. The van der Waals surface area contributed by atoms with E-state index in [2.05, 4.69) is 46.8 Å². The molecule has 0 rings (SSSR count). The molecule has 0 fully saturated rings. The van der Waals surface area contributed by atoms with E-state index >= 15 is 0 Å². The Morgan fingerprint density at radius 2 is 1.85 bits per heavy atom. The van der Waals surface area contributed by atoms with E-state index in [1.165, 1.54) is 5.57 Å². The number of allylic oxidation sites excluding steroid dienone is 2. The first-order chi connectivity index (χ1) is 6.02.